The molecule has 0 saturated carbocycles. The molecular formula is C17H20FNO2. The van der Waals surface area contributed by atoms with E-state index >= 15 is 0 Å². The highest BCUT2D eigenvalue weighted by Gasteiger charge is 2.08. The Morgan fingerprint density at radius 3 is 2.62 bits per heavy atom. The number of nitrogens with one attached hydrogen (secondary N) is 1. The first-order valence-corrected chi connectivity index (χ1v) is 6.86. The van der Waals surface area contributed by atoms with Gasteiger partial charge in [-0.1, -0.05) is 18.2 Å². The Bertz CT molecular complexity index is 628. The fraction of sp³-hybridized carbons (Fsp3) is 0.294. The molecule has 0 heterocycles. The van der Waals surface area contributed by atoms with E-state index in [1.54, 1.807) is 31.2 Å². The first-order chi connectivity index (χ1) is 10.0. The number of hydrogen-bond donors (Lipinski definition) is 2. The third-order valence-electron chi connectivity index (χ3n) is 3.55. The van der Waals surface area contributed by atoms with Gasteiger partial charge in [0, 0.05) is 12.6 Å². The molecule has 2 N–H and O–H groups in total. The molecule has 0 amide bonds. The summed E-state index contributed by atoms with van der Waals surface area (Å²) in [4.78, 5) is 0. The third-order valence-corrected chi connectivity index (χ3v) is 3.55. The van der Waals surface area contributed by atoms with Crippen molar-refractivity contribution in [1.82, 2.24) is 5.32 Å². The Hall–Kier alpha value is -2.07. The second-order valence-electron chi connectivity index (χ2n) is 5.12. The average Bonchev–Trinajstić information content (AvgIpc) is 2.47. The van der Waals surface area contributed by atoms with E-state index in [-0.39, 0.29) is 17.6 Å². The molecule has 2 aromatic carbocycles. The minimum Gasteiger partial charge on any atom is -0.504 e. The summed E-state index contributed by atoms with van der Waals surface area (Å²) >= 11 is 0. The molecule has 0 radical (unpaired) electrons. The van der Waals surface area contributed by atoms with Gasteiger partial charge in [-0.2, -0.15) is 0 Å². The molecule has 0 aromatic heterocycles. The lowest BCUT2D eigenvalue weighted by atomic mass is 10.1. The lowest BCUT2D eigenvalue weighted by Crippen LogP contribution is -2.18. The number of benzene rings is 2. The Kier molecular flexibility index (Phi) is 4.81. The van der Waals surface area contributed by atoms with Crippen LogP contribution in [0.1, 0.15) is 29.7 Å². The summed E-state index contributed by atoms with van der Waals surface area (Å²) in [6.45, 7) is 4.30. The van der Waals surface area contributed by atoms with Crippen molar-refractivity contribution in [2.24, 2.45) is 0 Å². The van der Waals surface area contributed by atoms with Gasteiger partial charge < -0.3 is 15.2 Å². The number of aryl methyl sites for hydroxylation is 1. The maximum Gasteiger partial charge on any atom is 0.160 e. The van der Waals surface area contributed by atoms with Crippen molar-refractivity contribution in [2.75, 3.05) is 7.11 Å². The molecule has 3 nitrogen and oxygen atoms in total. The van der Waals surface area contributed by atoms with Gasteiger partial charge in [0.1, 0.15) is 5.82 Å². The van der Waals surface area contributed by atoms with Gasteiger partial charge in [-0.15, -0.1) is 0 Å². The van der Waals surface area contributed by atoms with Gasteiger partial charge in [-0.05, 0) is 48.7 Å². The van der Waals surface area contributed by atoms with Crippen LogP contribution in [0.3, 0.4) is 0 Å². The van der Waals surface area contributed by atoms with Crippen molar-refractivity contribution in [2.45, 2.75) is 26.4 Å². The number of ether oxygens (including phenoxy) is 1. The Balaban J connectivity index is 2.01. The van der Waals surface area contributed by atoms with Gasteiger partial charge in [-0.25, -0.2) is 4.39 Å². The molecule has 2 rings (SSSR count). The second kappa shape index (κ2) is 6.59. The van der Waals surface area contributed by atoms with Gasteiger partial charge in [0.05, 0.1) is 7.11 Å². The summed E-state index contributed by atoms with van der Waals surface area (Å²) < 4.78 is 18.6. The molecule has 2 aromatic rings. The zero-order valence-electron chi connectivity index (χ0n) is 12.5. The van der Waals surface area contributed by atoms with Gasteiger partial charge in [0.15, 0.2) is 11.5 Å². The second-order valence-corrected chi connectivity index (χ2v) is 5.12. The summed E-state index contributed by atoms with van der Waals surface area (Å²) in [5, 5.41) is 13.0. The first kappa shape index (κ1) is 15.3. The molecule has 0 bridgehead atoms. The fourth-order valence-corrected chi connectivity index (χ4v) is 2.11. The van der Waals surface area contributed by atoms with Crippen molar-refractivity contribution in [3.05, 3.63) is 58.9 Å². The molecule has 1 atom stereocenters. The lowest BCUT2D eigenvalue weighted by molar-refractivity contribution is 0.373. The van der Waals surface area contributed by atoms with Gasteiger partial charge >= 0.3 is 0 Å². The number of methoxy groups -OCH3 is 1. The van der Waals surface area contributed by atoms with Crippen LogP contribution in [0.25, 0.3) is 0 Å². The van der Waals surface area contributed by atoms with Crippen LogP contribution in [0.15, 0.2) is 36.4 Å². The molecule has 0 aliphatic heterocycles. The predicted octanol–water partition coefficient (Wildman–Crippen LogP) is 3.70. The molecule has 1 unspecified atom stereocenters. The lowest BCUT2D eigenvalue weighted by Gasteiger charge is -2.15. The fourth-order valence-electron chi connectivity index (χ4n) is 2.11. The van der Waals surface area contributed by atoms with Crippen LogP contribution >= 0.6 is 0 Å². The van der Waals surface area contributed by atoms with E-state index in [9.17, 15) is 9.50 Å². The minimum atomic E-state index is -0.191. The minimum absolute atomic E-state index is 0.0179. The van der Waals surface area contributed by atoms with Crippen molar-refractivity contribution in [3.63, 3.8) is 0 Å². The maximum atomic E-state index is 13.6. The third kappa shape index (κ3) is 3.73. The smallest absolute Gasteiger partial charge is 0.160 e. The topological polar surface area (TPSA) is 41.5 Å². The van der Waals surface area contributed by atoms with Crippen LogP contribution < -0.4 is 10.1 Å². The zero-order chi connectivity index (χ0) is 15.4. The summed E-state index contributed by atoms with van der Waals surface area (Å²) in [5.41, 5.74) is 2.48. The number of halogens is 1. The zero-order valence-corrected chi connectivity index (χ0v) is 12.5. The molecular weight excluding hydrogens is 269 g/mol. The number of aromatic hydroxyl groups is 1. The Morgan fingerprint density at radius 2 is 2.00 bits per heavy atom. The summed E-state index contributed by atoms with van der Waals surface area (Å²) in [6.07, 6.45) is 0. The molecule has 0 aliphatic rings. The van der Waals surface area contributed by atoms with Crippen LogP contribution in [0.2, 0.25) is 0 Å². The highest BCUT2D eigenvalue weighted by atomic mass is 19.1. The number of phenols is 1. The van der Waals surface area contributed by atoms with Crippen LogP contribution in [0.5, 0.6) is 11.5 Å². The van der Waals surface area contributed by atoms with Gasteiger partial charge in [-0.3, -0.25) is 0 Å². The van der Waals surface area contributed by atoms with Crippen molar-refractivity contribution >= 4 is 0 Å². The van der Waals surface area contributed by atoms with E-state index in [1.165, 1.54) is 7.11 Å². The van der Waals surface area contributed by atoms with Crippen molar-refractivity contribution < 1.29 is 14.2 Å². The number of rotatable bonds is 5. The molecule has 4 heteroatoms. The summed E-state index contributed by atoms with van der Waals surface area (Å²) in [5.74, 6) is 0.376. The van der Waals surface area contributed by atoms with E-state index in [2.05, 4.69) is 5.32 Å². The first-order valence-electron chi connectivity index (χ1n) is 6.86. The van der Waals surface area contributed by atoms with Crippen molar-refractivity contribution in [3.8, 4) is 11.5 Å². The Labute approximate surface area is 124 Å². The van der Waals surface area contributed by atoms with Gasteiger partial charge in [0.2, 0.25) is 0 Å². The largest absolute Gasteiger partial charge is 0.504 e. The highest BCUT2D eigenvalue weighted by molar-refractivity contribution is 5.41. The molecule has 21 heavy (non-hydrogen) atoms. The monoisotopic (exact) mass is 289 g/mol. The predicted molar refractivity (Wildman–Crippen MR) is 81.1 cm³/mol. The van der Waals surface area contributed by atoms with Gasteiger partial charge in [0.25, 0.3) is 0 Å². The van der Waals surface area contributed by atoms with Crippen LogP contribution in [0.4, 0.5) is 4.39 Å². The van der Waals surface area contributed by atoms with Crippen LogP contribution in [0, 0.1) is 12.7 Å². The van der Waals surface area contributed by atoms with Crippen molar-refractivity contribution in [1.29, 1.82) is 0 Å². The van der Waals surface area contributed by atoms with E-state index in [0.29, 0.717) is 17.9 Å². The normalized spacial score (nSPS) is 12.2. The molecule has 0 aliphatic carbocycles. The highest BCUT2D eigenvalue weighted by Crippen LogP contribution is 2.26. The molecule has 112 valence electrons. The summed E-state index contributed by atoms with van der Waals surface area (Å²) in [6, 6.07) is 10.5. The number of hydrogen-bond acceptors (Lipinski definition) is 3. The van der Waals surface area contributed by atoms with E-state index in [4.69, 9.17) is 4.74 Å². The maximum absolute atomic E-state index is 13.6. The standard InChI is InChI=1S/C17H20FNO2/c1-11-4-6-14(9-15(11)18)12(2)19-10-13-5-7-17(21-3)16(20)8-13/h4-9,12,19-20H,10H2,1-3H3. The molecule has 0 fully saturated rings. The van der Waals surface area contributed by atoms with Crippen LogP contribution in [-0.4, -0.2) is 12.2 Å². The average molecular weight is 289 g/mol. The molecule has 0 saturated heterocycles. The number of phenolic OH excluding ortho intramolecular Hbond substituents is 1. The SMILES string of the molecule is COc1ccc(CNC(C)c2ccc(C)c(F)c2)cc1O. The van der Waals surface area contributed by atoms with E-state index < -0.39 is 0 Å². The quantitative estimate of drug-likeness (QED) is 0.882. The molecule has 0 spiro atoms. The Morgan fingerprint density at radius 1 is 1.24 bits per heavy atom. The van der Waals surface area contributed by atoms with E-state index in [0.717, 1.165) is 11.1 Å². The van der Waals surface area contributed by atoms with Crippen LogP contribution in [-0.2, 0) is 6.54 Å². The van der Waals surface area contributed by atoms with E-state index in [1.807, 2.05) is 19.1 Å². The summed E-state index contributed by atoms with van der Waals surface area (Å²) in [7, 11) is 1.51.